The van der Waals surface area contributed by atoms with Crippen molar-refractivity contribution in [3.05, 3.63) is 65.2 Å². The molecule has 0 aliphatic carbocycles. The van der Waals surface area contributed by atoms with Gasteiger partial charge in [-0.3, -0.25) is 24.0 Å². The number of amides is 3. The maximum atomic E-state index is 14.1. The van der Waals surface area contributed by atoms with Crippen LogP contribution in [0, 0.1) is 11.8 Å². The van der Waals surface area contributed by atoms with Gasteiger partial charge in [-0.2, -0.15) is 0 Å². The highest BCUT2D eigenvalue weighted by atomic mass is 16.6. The summed E-state index contributed by atoms with van der Waals surface area (Å²) in [6.07, 6.45) is -0.140. The van der Waals surface area contributed by atoms with Crippen molar-refractivity contribution in [1.29, 1.82) is 0 Å². The maximum absolute atomic E-state index is 14.1. The van der Waals surface area contributed by atoms with Crippen LogP contribution < -0.4 is 16.0 Å². The molecule has 0 bridgehead atoms. The maximum Gasteiger partial charge on any atom is 0.325 e. The zero-order valence-corrected chi connectivity index (χ0v) is 26.0. The Labute approximate surface area is 258 Å². The largest absolute Gasteiger partial charge is 0.466 e. The van der Waals surface area contributed by atoms with Gasteiger partial charge in [-0.05, 0) is 65.3 Å². The van der Waals surface area contributed by atoms with Gasteiger partial charge in [-0.25, -0.2) is 0 Å². The van der Waals surface area contributed by atoms with Crippen LogP contribution in [0.1, 0.15) is 75.5 Å². The molecule has 0 spiro atoms. The van der Waals surface area contributed by atoms with E-state index in [9.17, 15) is 24.0 Å². The molecule has 1 aliphatic rings. The molecule has 11 nitrogen and oxygen atoms in total. The molecule has 2 aromatic rings. The van der Waals surface area contributed by atoms with Crippen molar-refractivity contribution < 1.29 is 33.4 Å². The predicted octanol–water partition coefficient (Wildman–Crippen LogP) is 2.72. The lowest BCUT2D eigenvalue weighted by Crippen LogP contribution is -2.45. The Balaban J connectivity index is 1.93. The Bertz CT molecular complexity index is 1450. The topological polar surface area (TPSA) is 148 Å². The number of carbonyl (C=O) groups excluding carboxylic acids is 5. The molecule has 2 atom stereocenters. The summed E-state index contributed by atoms with van der Waals surface area (Å²) in [7, 11) is 0. The summed E-state index contributed by atoms with van der Waals surface area (Å²) >= 11 is 0. The van der Waals surface area contributed by atoms with Crippen LogP contribution in [0.3, 0.4) is 0 Å². The molecule has 44 heavy (non-hydrogen) atoms. The summed E-state index contributed by atoms with van der Waals surface area (Å²) in [5, 5.41) is 2.49. The summed E-state index contributed by atoms with van der Waals surface area (Å²) in [6, 6.07) is 11.7. The highest BCUT2D eigenvalue weighted by molar-refractivity contribution is 6.10. The van der Waals surface area contributed by atoms with E-state index in [1.807, 2.05) is 19.9 Å². The van der Waals surface area contributed by atoms with E-state index < -0.39 is 41.4 Å². The average Bonchev–Trinajstić information content (AvgIpc) is 3.06. The van der Waals surface area contributed by atoms with Crippen LogP contribution in [0.25, 0.3) is 0 Å². The number of rotatable bonds is 9. The molecule has 3 N–H and O–H groups in total. The molecule has 11 heteroatoms. The zero-order chi connectivity index (χ0) is 32.6. The number of fused-ring (bicyclic) bond motifs is 1. The summed E-state index contributed by atoms with van der Waals surface area (Å²) in [6.45, 7) is 10.3. The van der Waals surface area contributed by atoms with Crippen molar-refractivity contribution in [3.8, 4) is 11.8 Å². The van der Waals surface area contributed by atoms with Crippen molar-refractivity contribution in [2.75, 3.05) is 24.6 Å². The van der Waals surface area contributed by atoms with Crippen LogP contribution in [0.5, 0.6) is 0 Å². The first kappa shape index (κ1) is 33.8. The normalized spacial score (nSPS) is 14.5. The Morgan fingerprint density at radius 1 is 1.07 bits per heavy atom. The van der Waals surface area contributed by atoms with E-state index in [0.717, 1.165) is 0 Å². The smallest absolute Gasteiger partial charge is 0.325 e. The molecule has 1 aliphatic heterocycles. The van der Waals surface area contributed by atoms with Crippen molar-refractivity contribution in [3.63, 3.8) is 0 Å². The van der Waals surface area contributed by atoms with Crippen molar-refractivity contribution in [1.82, 2.24) is 10.2 Å². The van der Waals surface area contributed by atoms with E-state index in [4.69, 9.17) is 15.2 Å². The lowest BCUT2D eigenvalue weighted by molar-refractivity contribution is -0.156. The SMILES string of the molecule is CCOC(=O)CC(c1ccccc1)N1CC(=O)N(C(C)C)c2ccc(C#CC(=O)NCC(N)C(=O)OC(C)(C)C)cc2C1=O. The summed E-state index contributed by atoms with van der Waals surface area (Å²) in [5.41, 5.74) is 6.74. The number of hydrogen-bond donors (Lipinski definition) is 2. The first-order valence-electron chi connectivity index (χ1n) is 14.5. The van der Waals surface area contributed by atoms with Crippen molar-refractivity contribution >= 4 is 35.3 Å². The van der Waals surface area contributed by atoms with Crippen LogP contribution in [-0.4, -0.2) is 71.9 Å². The van der Waals surface area contributed by atoms with Gasteiger partial charge in [0.2, 0.25) is 5.91 Å². The van der Waals surface area contributed by atoms with Crippen molar-refractivity contribution in [2.24, 2.45) is 5.73 Å². The fourth-order valence-corrected chi connectivity index (χ4v) is 4.69. The highest BCUT2D eigenvalue weighted by Gasteiger charge is 2.38. The quantitative estimate of drug-likeness (QED) is 0.328. The molecule has 2 aromatic carbocycles. The van der Waals surface area contributed by atoms with Gasteiger partial charge in [0.1, 0.15) is 18.2 Å². The molecule has 0 radical (unpaired) electrons. The molecule has 3 rings (SSSR count). The fraction of sp³-hybridized carbons (Fsp3) is 0.424. The summed E-state index contributed by atoms with van der Waals surface area (Å²) in [5.74, 6) is 2.59. The highest BCUT2D eigenvalue weighted by Crippen LogP contribution is 2.34. The number of carbonyl (C=O) groups is 5. The van der Waals surface area contributed by atoms with Gasteiger partial charge < -0.3 is 30.3 Å². The molecule has 0 aromatic heterocycles. The second-order valence-corrected chi connectivity index (χ2v) is 11.6. The van der Waals surface area contributed by atoms with Crippen LogP contribution in [0.2, 0.25) is 0 Å². The lowest BCUT2D eigenvalue weighted by Gasteiger charge is -2.31. The first-order chi connectivity index (χ1) is 20.7. The van der Waals surface area contributed by atoms with Gasteiger partial charge in [0.05, 0.1) is 30.3 Å². The van der Waals surface area contributed by atoms with E-state index in [0.29, 0.717) is 16.8 Å². The number of ether oxygens (including phenoxy) is 2. The van der Waals surface area contributed by atoms with Gasteiger partial charge in [0, 0.05) is 24.1 Å². The fourth-order valence-electron chi connectivity index (χ4n) is 4.69. The minimum atomic E-state index is -1.07. The second-order valence-electron chi connectivity index (χ2n) is 11.6. The Hall–Kier alpha value is -4.69. The summed E-state index contributed by atoms with van der Waals surface area (Å²) in [4.78, 5) is 67.7. The third-order valence-corrected chi connectivity index (χ3v) is 6.58. The molecule has 234 valence electrons. The monoisotopic (exact) mass is 604 g/mol. The van der Waals surface area contributed by atoms with Gasteiger partial charge in [-0.1, -0.05) is 36.3 Å². The molecule has 0 saturated carbocycles. The zero-order valence-electron chi connectivity index (χ0n) is 26.0. The van der Waals surface area contributed by atoms with Crippen LogP contribution in [0.4, 0.5) is 5.69 Å². The molecular weight excluding hydrogens is 564 g/mol. The number of nitrogens with one attached hydrogen (secondary N) is 1. The number of nitrogens with zero attached hydrogens (tertiary/aromatic N) is 2. The van der Waals surface area contributed by atoms with Crippen LogP contribution in [-0.2, 0) is 28.7 Å². The third kappa shape index (κ3) is 8.91. The molecule has 3 amide bonds. The van der Waals surface area contributed by atoms with Gasteiger partial charge in [0.15, 0.2) is 0 Å². The third-order valence-electron chi connectivity index (χ3n) is 6.58. The number of nitrogens with two attached hydrogens (primary N) is 1. The van der Waals surface area contributed by atoms with Gasteiger partial charge >= 0.3 is 11.9 Å². The lowest BCUT2D eigenvalue weighted by atomic mass is 10.00. The predicted molar refractivity (Wildman–Crippen MR) is 164 cm³/mol. The Morgan fingerprint density at radius 3 is 2.36 bits per heavy atom. The molecular formula is C33H40N4O7. The van der Waals surface area contributed by atoms with Gasteiger partial charge in [0.25, 0.3) is 11.8 Å². The molecule has 0 saturated heterocycles. The Morgan fingerprint density at radius 2 is 1.75 bits per heavy atom. The van der Waals surface area contributed by atoms with E-state index >= 15 is 0 Å². The van der Waals surface area contributed by atoms with Crippen molar-refractivity contribution in [2.45, 2.75) is 71.7 Å². The summed E-state index contributed by atoms with van der Waals surface area (Å²) < 4.78 is 10.4. The number of benzene rings is 2. The first-order valence-corrected chi connectivity index (χ1v) is 14.5. The molecule has 2 unspecified atom stereocenters. The van der Waals surface area contributed by atoms with Crippen LogP contribution >= 0.6 is 0 Å². The minimum Gasteiger partial charge on any atom is -0.466 e. The average molecular weight is 605 g/mol. The van der Waals surface area contributed by atoms with E-state index in [1.54, 1.807) is 69.0 Å². The molecule has 0 fully saturated rings. The van der Waals surface area contributed by atoms with E-state index in [2.05, 4.69) is 17.2 Å². The number of anilines is 1. The minimum absolute atomic E-state index is 0.140. The standard InChI is InChI=1S/C33H40N4O7/c1-7-43-30(40)18-27(23-11-9-8-10-12-23)36-20-29(39)37(21(2)3)26-15-13-22(17-24(26)31(36)41)14-16-28(38)35-19-25(34)32(42)44-33(4,5)6/h8-13,15,17,21,25,27H,7,18-20,34H2,1-6H3,(H,35,38). The second kappa shape index (κ2) is 14.7. The number of esters is 2. The Kier molecular flexibility index (Phi) is 11.3. The number of hydrogen-bond acceptors (Lipinski definition) is 8. The van der Waals surface area contributed by atoms with Gasteiger partial charge in [-0.15, -0.1) is 0 Å². The van der Waals surface area contributed by atoms with E-state index in [1.165, 1.54) is 11.0 Å². The molecule has 1 heterocycles. The van der Waals surface area contributed by atoms with Crippen LogP contribution in [0.15, 0.2) is 48.5 Å². The van der Waals surface area contributed by atoms with E-state index in [-0.39, 0.29) is 43.6 Å².